The summed E-state index contributed by atoms with van der Waals surface area (Å²) in [6.45, 7) is 0.262. The van der Waals surface area contributed by atoms with Crippen molar-refractivity contribution in [1.82, 2.24) is 0 Å². The third-order valence-corrected chi connectivity index (χ3v) is 5.02. The number of aliphatic hydroxyl groups excluding tert-OH is 1. The third kappa shape index (κ3) is 5.76. The summed E-state index contributed by atoms with van der Waals surface area (Å²) >= 11 is 0. The number of rotatable bonds is 9. The van der Waals surface area contributed by atoms with E-state index in [0.717, 1.165) is 11.3 Å². The van der Waals surface area contributed by atoms with E-state index in [2.05, 4.69) is 10.0 Å². The molecule has 1 saturated heterocycles. The number of azide groups is 1. The molecule has 0 aliphatic carbocycles. The van der Waals surface area contributed by atoms with Gasteiger partial charge in [0.05, 0.1) is 25.9 Å². The van der Waals surface area contributed by atoms with Crippen LogP contribution in [0.5, 0.6) is 5.75 Å². The van der Waals surface area contributed by atoms with E-state index in [1.54, 1.807) is 37.4 Å². The first-order chi connectivity index (χ1) is 15.6. The maximum Gasteiger partial charge on any atom is 0.338 e. The normalized spacial score (nSPS) is 24.9. The van der Waals surface area contributed by atoms with E-state index >= 15 is 0 Å². The largest absolute Gasteiger partial charge is 0.497 e. The molecule has 1 heterocycles. The molecule has 0 bridgehead atoms. The molecule has 0 saturated carbocycles. The van der Waals surface area contributed by atoms with Gasteiger partial charge < -0.3 is 28.8 Å². The van der Waals surface area contributed by atoms with Crippen molar-refractivity contribution in [2.75, 3.05) is 20.8 Å². The molecule has 10 nitrogen and oxygen atoms in total. The van der Waals surface area contributed by atoms with Gasteiger partial charge in [-0.1, -0.05) is 35.4 Å². The van der Waals surface area contributed by atoms with Crippen LogP contribution < -0.4 is 4.74 Å². The molecule has 1 aliphatic heterocycles. The minimum atomic E-state index is -1.31. The number of esters is 1. The smallest absolute Gasteiger partial charge is 0.338 e. The molecule has 170 valence electrons. The zero-order chi connectivity index (χ0) is 22.9. The number of ether oxygens (including phenoxy) is 5. The molecule has 1 aliphatic rings. The summed E-state index contributed by atoms with van der Waals surface area (Å²) in [5, 5.41) is 14.5. The summed E-state index contributed by atoms with van der Waals surface area (Å²) < 4.78 is 27.4. The Kier molecular flexibility index (Phi) is 8.43. The highest BCUT2D eigenvalue weighted by Crippen LogP contribution is 2.28. The molecule has 2 aromatic rings. The Labute approximate surface area is 185 Å². The molecule has 5 atom stereocenters. The van der Waals surface area contributed by atoms with Gasteiger partial charge >= 0.3 is 5.97 Å². The number of carbonyl (C=O) groups is 1. The average Bonchev–Trinajstić information content (AvgIpc) is 2.83. The van der Waals surface area contributed by atoms with Crippen LogP contribution in [0.2, 0.25) is 0 Å². The standard InChI is InChI=1S/C22H25N3O7/c1-28-16-10-8-14(9-11-16)12-30-13-17-19(26)20(18(24-25-23)22(29-2)31-17)32-21(27)15-6-4-3-5-7-15/h3-11,17-20,22,26H,12-13H2,1-2H3/t17-,18-,19+,20-,22+/m1/s1. The van der Waals surface area contributed by atoms with Crippen molar-refractivity contribution in [3.05, 3.63) is 76.2 Å². The quantitative estimate of drug-likeness (QED) is 0.273. The molecule has 2 aromatic carbocycles. The predicted molar refractivity (Wildman–Crippen MR) is 113 cm³/mol. The molecular formula is C22H25N3O7. The molecule has 0 spiro atoms. The highest BCUT2D eigenvalue weighted by Gasteiger charge is 2.47. The Balaban J connectivity index is 1.69. The summed E-state index contributed by atoms with van der Waals surface area (Å²) in [6, 6.07) is 14.6. The fourth-order valence-corrected chi connectivity index (χ4v) is 3.33. The van der Waals surface area contributed by atoms with Crippen molar-refractivity contribution >= 4 is 5.97 Å². The van der Waals surface area contributed by atoms with Crippen molar-refractivity contribution in [3.63, 3.8) is 0 Å². The highest BCUT2D eigenvalue weighted by molar-refractivity contribution is 5.89. The van der Waals surface area contributed by atoms with E-state index in [0.29, 0.717) is 5.56 Å². The second-order valence-electron chi connectivity index (χ2n) is 7.06. The minimum absolute atomic E-state index is 0.00453. The van der Waals surface area contributed by atoms with Gasteiger partial charge in [0.15, 0.2) is 6.29 Å². The molecular weight excluding hydrogens is 418 g/mol. The third-order valence-electron chi connectivity index (χ3n) is 5.02. The van der Waals surface area contributed by atoms with Crippen LogP contribution in [0.15, 0.2) is 59.7 Å². The number of nitrogens with zero attached hydrogens (tertiary/aromatic N) is 3. The molecule has 0 radical (unpaired) electrons. The average molecular weight is 443 g/mol. The van der Waals surface area contributed by atoms with Crippen LogP contribution in [-0.2, 0) is 25.6 Å². The lowest BCUT2D eigenvalue weighted by atomic mass is 9.97. The number of hydrogen-bond donors (Lipinski definition) is 1. The van der Waals surface area contributed by atoms with Crippen LogP contribution in [0, 0.1) is 0 Å². The van der Waals surface area contributed by atoms with Gasteiger partial charge in [0.1, 0.15) is 30.1 Å². The highest BCUT2D eigenvalue weighted by atomic mass is 16.7. The van der Waals surface area contributed by atoms with Gasteiger partial charge in [-0.15, -0.1) is 0 Å². The van der Waals surface area contributed by atoms with E-state index in [-0.39, 0.29) is 13.2 Å². The van der Waals surface area contributed by atoms with Crippen molar-refractivity contribution in [2.24, 2.45) is 5.11 Å². The van der Waals surface area contributed by atoms with Gasteiger partial charge in [-0.05, 0) is 35.4 Å². The van der Waals surface area contributed by atoms with Crippen molar-refractivity contribution < 1.29 is 33.6 Å². The lowest BCUT2D eigenvalue weighted by Gasteiger charge is -2.41. The monoisotopic (exact) mass is 443 g/mol. The lowest BCUT2D eigenvalue weighted by molar-refractivity contribution is -0.260. The van der Waals surface area contributed by atoms with Gasteiger partial charge in [-0.3, -0.25) is 0 Å². The van der Waals surface area contributed by atoms with Crippen molar-refractivity contribution in [3.8, 4) is 5.75 Å². The Bertz CT molecular complexity index is 919. The zero-order valence-electron chi connectivity index (χ0n) is 17.7. The number of hydrogen-bond acceptors (Lipinski definition) is 8. The van der Waals surface area contributed by atoms with Gasteiger partial charge in [-0.25, -0.2) is 4.79 Å². The number of carbonyl (C=O) groups excluding carboxylic acids is 1. The van der Waals surface area contributed by atoms with E-state index in [9.17, 15) is 9.90 Å². The second-order valence-corrected chi connectivity index (χ2v) is 7.06. The lowest BCUT2D eigenvalue weighted by Crippen LogP contribution is -2.59. The van der Waals surface area contributed by atoms with Crippen LogP contribution in [-0.4, -0.2) is 62.5 Å². The van der Waals surface area contributed by atoms with E-state index in [1.165, 1.54) is 7.11 Å². The summed E-state index contributed by atoms with van der Waals surface area (Å²) in [6.07, 6.45) is -4.40. The Morgan fingerprint density at radius 3 is 2.50 bits per heavy atom. The van der Waals surface area contributed by atoms with Crippen LogP contribution in [0.1, 0.15) is 15.9 Å². The first kappa shape index (κ1) is 23.5. The summed E-state index contributed by atoms with van der Waals surface area (Å²) in [5.74, 6) is 0.0670. The zero-order valence-corrected chi connectivity index (χ0v) is 17.7. The molecule has 1 fully saturated rings. The first-order valence-corrected chi connectivity index (χ1v) is 9.94. The molecule has 10 heteroatoms. The summed E-state index contributed by atoms with van der Waals surface area (Å²) in [4.78, 5) is 15.4. The topological polar surface area (TPSA) is 132 Å². The number of benzene rings is 2. The maximum atomic E-state index is 12.6. The van der Waals surface area contributed by atoms with Gasteiger partial charge in [0, 0.05) is 12.0 Å². The van der Waals surface area contributed by atoms with Crippen LogP contribution in [0.25, 0.3) is 10.4 Å². The van der Waals surface area contributed by atoms with Crippen molar-refractivity contribution in [1.29, 1.82) is 0 Å². The number of aliphatic hydroxyl groups is 1. The van der Waals surface area contributed by atoms with Gasteiger partial charge in [0.2, 0.25) is 0 Å². The SMILES string of the molecule is COc1ccc(COC[C@H]2O[C@H](OC)[C@H](N=[N+]=[N-])[C@@H](OC(=O)c3ccccc3)[C@H]2O)cc1. The fourth-order valence-electron chi connectivity index (χ4n) is 3.33. The summed E-state index contributed by atoms with van der Waals surface area (Å²) in [5.41, 5.74) is 10.1. The molecule has 32 heavy (non-hydrogen) atoms. The van der Waals surface area contributed by atoms with E-state index < -0.39 is 36.6 Å². The Morgan fingerprint density at radius 1 is 1.16 bits per heavy atom. The van der Waals surface area contributed by atoms with E-state index in [1.807, 2.05) is 24.3 Å². The summed E-state index contributed by atoms with van der Waals surface area (Å²) in [7, 11) is 2.96. The first-order valence-electron chi connectivity index (χ1n) is 9.94. The Hall–Kier alpha value is -3.14. The molecule has 0 amide bonds. The van der Waals surface area contributed by atoms with E-state index in [4.69, 9.17) is 29.2 Å². The minimum Gasteiger partial charge on any atom is -0.497 e. The maximum absolute atomic E-state index is 12.6. The molecule has 1 N–H and O–H groups in total. The Morgan fingerprint density at radius 2 is 1.88 bits per heavy atom. The second kappa shape index (κ2) is 11.5. The van der Waals surface area contributed by atoms with Crippen LogP contribution in [0.4, 0.5) is 0 Å². The van der Waals surface area contributed by atoms with Crippen molar-refractivity contribution in [2.45, 2.75) is 37.3 Å². The number of methoxy groups -OCH3 is 2. The van der Waals surface area contributed by atoms with Crippen LogP contribution in [0.3, 0.4) is 0 Å². The van der Waals surface area contributed by atoms with Crippen LogP contribution >= 0.6 is 0 Å². The van der Waals surface area contributed by atoms with Gasteiger partial charge in [-0.2, -0.15) is 0 Å². The molecule has 0 aromatic heterocycles. The van der Waals surface area contributed by atoms with Gasteiger partial charge in [0.25, 0.3) is 0 Å². The molecule has 3 rings (SSSR count). The fraction of sp³-hybridized carbons (Fsp3) is 0.409. The predicted octanol–water partition coefficient (Wildman–Crippen LogP) is 2.85. The molecule has 0 unspecified atom stereocenters.